The molecule has 0 bridgehead atoms. The minimum absolute atomic E-state index is 0.228. The lowest BCUT2D eigenvalue weighted by Crippen LogP contribution is -2.40. The second kappa shape index (κ2) is 14.8. The number of aromatic nitrogens is 1. The van der Waals surface area contributed by atoms with Crippen molar-refractivity contribution in [1.82, 2.24) is 4.57 Å². The van der Waals surface area contributed by atoms with Crippen LogP contribution in [0.25, 0.3) is 6.08 Å². The molecule has 0 spiro atoms. The summed E-state index contributed by atoms with van der Waals surface area (Å²) in [5, 5.41) is 3.65. The lowest BCUT2D eigenvalue weighted by Gasteiger charge is -2.25. The Balaban J connectivity index is 1.39. The molecule has 7 nitrogen and oxygen atoms in total. The van der Waals surface area contributed by atoms with E-state index in [1.807, 2.05) is 111 Å². The molecule has 1 N–H and O–H groups in total. The van der Waals surface area contributed by atoms with Crippen molar-refractivity contribution in [3.63, 3.8) is 0 Å². The van der Waals surface area contributed by atoms with E-state index >= 15 is 0 Å². The summed E-state index contributed by atoms with van der Waals surface area (Å²) in [6, 6.07) is 27.6. The van der Waals surface area contributed by atoms with Crippen LogP contribution in [0.2, 0.25) is 5.02 Å². The summed E-state index contributed by atoms with van der Waals surface area (Å²) in [5.41, 5.74) is 3.91. The van der Waals surface area contributed by atoms with E-state index in [4.69, 9.17) is 26.1 Å². The van der Waals surface area contributed by atoms with Crippen molar-refractivity contribution in [2.75, 3.05) is 11.9 Å². The second-order valence-electron chi connectivity index (χ2n) is 10.6. The first-order chi connectivity index (χ1) is 22.7. The Bertz CT molecular complexity index is 2160. The number of benzene rings is 4. The van der Waals surface area contributed by atoms with Crippen LogP contribution in [-0.2, 0) is 11.4 Å². The molecule has 2 heterocycles. The van der Waals surface area contributed by atoms with Crippen molar-refractivity contribution < 1.29 is 14.3 Å². The van der Waals surface area contributed by atoms with Crippen LogP contribution >= 0.6 is 68.1 Å². The number of nitrogens with zero attached hydrogens (tertiary/aromatic N) is 2. The summed E-state index contributed by atoms with van der Waals surface area (Å²) in [6.07, 6.45) is 1.87. The molecule has 0 saturated carbocycles. The summed E-state index contributed by atoms with van der Waals surface area (Å²) in [5.74, 6) is 1.15. The van der Waals surface area contributed by atoms with Gasteiger partial charge in [-0.1, -0.05) is 71.5 Å². The molecule has 238 valence electrons. The highest BCUT2D eigenvalue weighted by atomic mass is 127. The highest BCUT2D eigenvalue weighted by molar-refractivity contribution is 14.1. The molecule has 47 heavy (non-hydrogen) atoms. The topological polar surface area (TPSA) is 81.9 Å². The third kappa shape index (κ3) is 7.35. The number of carbonyl (C=O) groups excluding carboxylic acids is 1. The van der Waals surface area contributed by atoms with E-state index in [2.05, 4.69) is 50.5 Å². The summed E-state index contributed by atoms with van der Waals surface area (Å²) in [7, 11) is 0. The Kier molecular flexibility index (Phi) is 10.5. The van der Waals surface area contributed by atoms with Gasteiger partial charge in [-0.05, 0) is 119 Å². The molecule has 0 fully saturated rings. The average Bonchev–Trinajstić information content (AvgIpc) is 3.35. The molecule has 1 aromatic heterocycles. The number of anilines is 1. The van der Waals surface area contributed by atoms with Gasteiger partial charge < -0.3 is 14.8 Å². The normalized spacial score (nSPS) is 14.4. The van der Waals surface area contributed by atoms with Gasteiger partial charge in [0.2, 0.25) is 0 Å². The third-order valence-electron chi connectivity index (χ3n) is 7.45. The lowest BCUT2D eigenvalue weighted by molar-refractivity contribution is -0.113. The van der Waals surface area contributed by atoms with Crippen LogP contribution in [0.15, 0.2) is 112 Å². The summed E-state index contributed by atoms with van der Waals surface area (Å²) < 4.78 is 15.8. The lowest BCUT2D eigenvalue weighted by atomic mass is 9.95. The zero-order chi connectivity index (χ0) is 33.1. The molecule has 0 unspecified atom stereocenters. The Labute approximate surface area is 307 Å². The van der Waals surface area contributed by atoms with Gasteiger partial charge in [-0.25, -0.2) is 4.99 Å². The first-order valence-electron chi connectivity index (χ1n) is 14.7. The number of fused-ring (bicyclic) bond motifs is 1. The number of carbonyl (C=O) groups is 1. The maximum atomic E-state index is 14.2. The molecule has 4 aromatic carbocycles. The van der Waals surface area contributed by atoms with Crippen molar-refractivity contribution in [2.45, 2.75) is 26.5 Å². The number of rotatable bonds is 9. The predicted molar refractivity (Wildman–Crippen MR) is 204 cm³/mol. The van der Waals surface area contributed by atoms with E-state index in [1.54, 1.807) is 4.57 Å². The van der Waals surface area contributed by atoms with E-state index in [0.717, 1.165) is 29.6 Å². The van der Waals surface area contributed by atoms with Gasteiger partial charge in [-0.3, -0.25) is 14.2 Å². The molecule has 6 rings (SSSR count). The van der Waals surface area contributed by atoms with Crippen LogP contribution in [0.3, 0.4) is 0 Å². The van der Waals surface area contributed by atoms with Crippen molar-refractivity contribution in [1.29, 1.82) is 0 Å². The fraction of sp³-hybridized carbons (Fsp3) is 0.139. The van der Waals surface area contributed by atoms with Crippen molar-refractivity contribution in [3.05, 3.63) is 151 Å². The summed E-state index contributed by atoms with van der Waals surface area (Å²) in [4.78, 5) is 33.3. The van der Waals surface area contributed by atoms with Crippen LogP contribution in [0, 0.1) is 7.14 Å². The maximum Gasteiger partial charge on any atom is 0.271 e. The van der Waals surface area contributed by atoms with Gasteiger partial charge in [0.25, 0.3) is 11.5 Å². The molecule has 1 amide bonds. The van der Waals surface area contributed by atoms with Gasteiger partial charge in [0.1, 0.15) is 18.1 Å². The molecule has 0 saturated heterocycles. The van der Waals surface area contributed by atoms with Gasteiger partial charge in [0, 0.05) is 16.3 Å². The van der Waals surface area contributed by atoms with Crippen LogP contribution in [0.5, 0.6) is 11.5 Å². The average molecular weight is 888 g/mol. The Morgan fingerprint density at radius 3 is 2.36 bits per heavy atom. The number of hydrogen-bond donors (Lipinski definition) is 1. The summed E-state index contributed by atoms with van der Waals surface area (Å²) in [6.45, 7) is 4.61. The monoisotopic (exact) mass is 887 g/mol. The van der Waals surface area contributed by atoms with Crippen LogP contribution < -0.4 is 29.7 Å². The summed E-state index contributed by atoms with van der Waals surface area (Å²) >= 11 is 12.1. The number of allylic oxidation sites excluding steroid dienone is 1. The quantitative estimate of drug-likeness (QED) is 0.154. The molecule has 11 heteroatoms. The van der Waals surface area contributed by atoms with Crippen molar-refractivity contribution in [3.8, 4) is 11.5 Å². The van der Waals surface area contributed by atoms with Gasteiger partial charge >= 0.3 is 0 Å². The standard InChI is InChI=1S/C36H28ClI2N3O4S/c1-3-45-26-15-13-23(14-16-26)32-31(34(43)41-25-10-5-4-6-11-25)21(2)40-36-42(32)35(44)30(47-36)19-22-17-28(38)33(29(39)18-22)46-20-24-9-7-8-12-27(24)37/h4-19,32H,3,20H2,1-2H3,(H,41,43)/b30-19-/t32-/m0/s1. The van der Waals surface area contributed by atoms with Gasteiger partial charge in [-0.15, -0.1) is 0 Å². The first-order valence-corrected chi connectivity index (χ1v) is 18.1. The second-order valence-corrected chi connectivity index (χ2v) is 14.3. The zero-order valence-corrected chi connectivity index (χ0v) is 31.2. The minimum Gasteiger partial charge on any atom is -0.494 e. The van der Waals surface area contributed by atoms with Crippen molar-refractivity contribution >= 4 is 85.8 Å². The molecule has 5 aromatic rings. The number of thiazole rings is 1. The van der Waals surface area contributed by atoms with Gasteiger partial charge in [0.15, 0.2) is 4.80 Å². The molecule has 0 aliphatic carbocycles. The van der Waals surface area contributed by atoms with Crippen LogP contribution in [-0.4, -0.2) is 17.1 Å². The highest BCUT2D eigenvalue weighted by Gasteiger charge is 2.32. The predicted octanol–water partition coefficient (Wildman–Crippen LogP) is 7.71. The number of ether oxygens (including phenoxy) is 2. The van der Waals surface area contributed by atoms with Gasteiger partial charge in [0.05, 0.1) is 35.6 Å². The SMILES string of the molecule is CCOc1ccc([C@H]2C(C(=O)Nc3ccccc3)=C(C)N=c3s/c(=C\c4cc(I)c(OCc5ccccc5Cl)c(I)c4)c(=O)n32)cc1. The fourth-order valence-electron chi connectivity index (χ4n) is 5.28. The number of amides is 1. The van der Waals surface area contributed by atoms with Crippen LogP contribution in [0.1, 0.15) is 36.6 Å². The first kappa shape index (κ1) is 33.4. The molecular formula is C36H28ClI2N3O4S. The Hall–Kier alpha value is -3.46. The fourth-order valence-corrected chi connectivity index (χ4v) is 8.64. The zero-order valence-electron chi connectivity index (χ0n) is 25.3. The number of halogens is 3. The molecular weight excluding hydrogens is 860 g/mol. The molecule has 1 aliphatic heterocycles. The maximum absolute atomic E-state index is 14.2. The number of hydrogen-bond acceptors (Lipinski definition) is 6. The van der Waals surface area contributed by atoms with Crippen LogP contribution in [0.4, 0.5) is 5.69 Å². The number of nitrogens with one attached hydrogen (secondary N) is 1. The van der Waals surface area contributed by atoms with Gasteiger partial charge in [-0.2, -0.15) is 0 Å². The molecule has 1 atom stereocenters. The van der Waals surface area contributed by atoms with Crippen molar-refractivity contribution in [2.24, 2.45) is 4.99 Å². The molecule has 0 radical (unpaired) electrons. The third-order valence-corrected chi connectivity index (χ3v) is 10.4. The van der Waals surface area contributed by atoms with E-state index in [0.29, 0.717) is 50.3 Å². The van der Waals surface area contributed by atoms with E-state index < -0.39 is 6.04 Å². The minimum atomic E-state index is -0.686. The van der Waals surface area contributed by atoms with E-state index in [-0.39, 0.29) is 11.5 Å². The largest absolute Gasteiger partial charge is 0.494 e. The smallest absolute Gasteiger partial charge is 0.271 e. The molecule has 1 aliphatic rings. The van der Waals surface area contributed by atoms with E-state index in [9.17, 15) is 9.59 Å². The highest BCUT2D eigenvalue weighted by Crippen LogP contribution is 2.33. The number of para-hydroxylation sites is 1. The van der Waals surface area contributed by atoms with E-state index in [1.165, 1.54) is 11.3 Å². The Morgan fingerprint density at radius 1 is 1.00 bits per heavy atom. The Morgan fingerprint density at radius 2 is 1.68 bits per heavy atom.